The molecule has 0 saturated carbocycles. The van der Waals surface area contributed by atoms with Crippen LogP contribution in [0.25, 0.3) is 11.0 Å². The summed E-state index contributed by atoms with van der Waals surface area (Å²) in [6.45, 7) is 3.52. The fourth-order valence-electron chi connectivity index (χ4n) is 3.44. The molecule has 0 bridgehead atoms. The summed E-state index contributed by atoms with van der Waals surface area (Å²) >= 11 is 0. The minimum Gasteiger partial charge on any atom is -0.457 e. The van der Waals surface area contributed by atoms with Gasteiger partial charge in [0.25, 0.3) is 0 Å². The number of halogens is 3. The van der Waals surface area contributed by atoms with Crippen LogP contribution in [-0.4, -0.2) is 11.0 Å². The molecule has 174 valence electrons. The van der Waals surface area contributed by atoms with Crippen molar-refractivity contribution >= 4 is 28.4 Å². The lowest BCUT2D eigenvalue weighted by atomic mass is 10.0. The Kier molecular flexibility index (Phi) is 6.10. The number of carbonyl (C=O) groups is 1. The SMILES string of the molecule is Cc1ccc2c(COC(=O)c3cccnc3Nc3cccc(C(F)(F)F)c3)cc(=O)oc2c1C. The normalized spacial score (nSPS) is 11.4. The van der Waals surface area contributed by atoms with Gasteiger partial charge in [-0.05, 0) is 55.3 Å². The smallest absolute Gasteiger partial charge is 0.416 e. The Morgan fingerprint density at radius 3 is 2.65 bits per heavy atom. The number of hydrogen-bond acceptors (Lipinski definition) is 6. The predicted molar refractivity (Wildman–Crippen MR) is 120 cm³/mol. The first-order valence-corrected chi connectivity index (χ1v) is 10.2. The lowest BCUT2D eigenvalue weighted by Gasteiger charge is -2.13. The quantitative estimate of drug-likeness (QED) is 0.289. The van der Waals surface area contributed by atoms with Crippen molar-refractivity contribution in [2.75, 3.05) is 5.32 Å². The van der Waals surface area contributed by atoms with E-state index in [4.69, 9.17) is 9.15 Å². The second-order valence-electron chi connectivity index (χ2n) is 7.65. The molecule has 9 heteroatoms. The molecule has 34 heavy (non-hydrogen) atoms. The second kappa shape index (κ2) is 9.01. The fourth-order valence-corrected chi connectivity index (χ4v) is 3.44. The van der Waals surface area contributed by atoms with E-state index in [1.54, 1.807) is 6.07 Å². The molecule has 0 atom stereocenters. The highest BCUT2D eigenvalue weighted by molar-refractivity contribution is 5.95. The number of aryl methyl sites for hydroxylation is 2. The van der Waals surface area contributed by atoms with Crippen molar-refractivity contribution in [2.24, 2.45) is 0 Å². The fraction of sp³-hybridized carbons (Fsp3) is 0.160. The van der Waals surface area contributed by atoms with Crippen molar-refractivity contribution in [3.05, 3.63) is 99.0 Å². The third-order valence-corrected chi connectivity index (χ3v) is 5.36. The van der Waals surface area contributed by atoms with Crippen molar-refractivity contribution in [3.63, 3.8) is 0 Å². The van der Waals surface area contributed by atoms with Crippen molar-refractivity contribution in [1.29, 1.82) is 0 Å². The zero-order chi connectivity index (χ0) is 24.5. The molecule has 2 aromatic carbocycles. The van der Waals surface area contributed by atoms with Gasteiger partial charge in [-0.25, -0.2) is 14.6 Å². The monoisotopic (exact) mass is 468 g/mol. The lowest BCUT2D eigenvalue weighted by molar-refractivity contribution is -0.137. The van der Waals surface area contributed by atoms with Gasteiger partial charge in [0, 0.05) is 28.9 Å². The molecule has 0 radical (unpaired) electrons. The van der Waals surface area contributed by atoms with Crippen LogP contribution in [-0.2, 0) is 17.5 Å². The van der Waals surface area contributed by atoms with E-state index < -0.39 is 23.3 Å². The van der Waals surface area contributed by atoms with Gasteiger partial charge in [-0.2, -0.15) is 13.2 Å². The van der Waals surface area contributed by atoms with Crippen LogP contribution in [0, 0.1) is 13.8 Å². The number of nitrogens with zero attached hydrogens (tertiary/aromatic N) is 1. The summed E-state index contributed by atoms with van der Waals surface area (Å²) in [5.74, 6) is -0.719. The highest BCUT2D eigenvalue weighted by Gasteiger charge is 2.30. The first-order valence-electron chi connectivity index (χ1n) is 10.2. The van der Waals surface area contributed by atoms with Gasteiger partial charge in [0.1, 0.15) is 23.6 Å². The zero-order valence-corrected chi connectivity index (χ0v) is 18.2. The molecule has 0 aliphatic rings. The molecule has 2 heterocycles. The van der Waals surface area contributed by atoms with E-state index in [0.717, 1.165) is 23.3 Å². The number of alkyl halides is 3. The van der Waals surface area contributed by atoms with Crippen molar-refractivity contribution < 1.29 is 27.1 Å². The van der Waals surface area contributed by atoms with E-state index in [1.165, 1.54) is 36.5 Å². The number of hydrogen-bond donors (Lipinski definition) is 1. The number of esters is 1. The molecule has 1 N–H and O–H groups in total. The number of fused-ring (bicyclic) bond motifs is 1. The molecule has 0 aliphatic heterocycles. The molecule has 2 aromatic heterocycles. The number of aromatic nitrogens is 1. The molecular weight excluding hydrogens is 449 g/mol. The Morgan fingerprint density at radius 2 is 1.88 bits per heavy atom. The maximum Gasteiger partial charge on any atom is 0.416 e. The van der Waals surface area contributed by atoms with Gasteiger partial charge < -0.3 is 14.5 Å². The Balaban J connectivity index is 1.58. The third kappa shape index (κ3) is 4.78. The summed E-state index contributed by atoms with van der Waals surface area (Å²) in [7, 11) is 0. The number of nitrogens with one attached hydrogen (secondary N) is 1. The lowest BCUT2D eigenvalue weighted by Crippen LogP contribution is -2.11. The van der Waals surface area contributed by atoms with Crippen LogP contribution < -0.4 is 10.9 Å². The number of pyridine rings is 1. The van der Waals surface area contributed by atoms with Gasteiger partial charge in [-0.1, -0.05) is 18.2 Å². The Bertz CT molecular complexity index is 1440. The van der Waals surface area contributed by atoms with Gasteiger partial charge in [-0.3, -0.25) is 0 Å². The van der Waals surface area contributed by atoms with E-state index in [1.807, 2.05) is 19.9 Å². The molecule has 0 fully saturated rings. The van der Waals surface area contributed by atoms with Crippen LogP contribution in [0.5, 0.6) is 0 Å². The van der Waals surface area contributed by atoms with Crippen LogP contribution in [0.1, 0.15) is 32.6 Å². The first-order chi connectivity index (χ1) is 16.1. The third-order valence-electron chi connectivity index (χ3n) is 5.36. The van der Waals surface area contributed by atoms with Crippen molar-refractivity contribution in [2.45, 2.75) is 26.6 Å². The summed E-state index contributed by atoms with van der Waals surface area (Å²) in [6, 6.07) is 12.4. The van der Waals surface area contributed by atoms with E-state index in [9.17, 15) is 22.8 Å². The largest absolute Gasteiger partial charge is 0.457 e. The van der Waals surface area contributed by atoms with Crippen LogP contribution in [0.15, 0.2) is 70.0 Å². The maximum atomic E-state index is 13.0. The summed E-state index contributed by atoms with van der Waals surface area (Å²) in [5.41, 5.74) is 1.39. The zero-order valence-electron chi connectivity index (χ0n) is 18.2. The molecule has 4 aromatic rings. The highest BCUT2D eigenvalue weighted by Crippen LogP contribution is 2.31. The van der Waals surface area contributed by atoms with Crippen LogP contribution in [0.3, 0.4) is 0 Å². The Morgan fingerprint density at radius 1 is 1.09 bits per heavy atom. The van der Waals surface area contributed by atoms with Crippen LogP contribution >= 0.6 is 0 Å². The number of carbonyl (C=O) groups excluding carboxylic acids is 1. The minimum absolute atomic E-state index is 0.0270. The van der Waals surface area contributed by atoms with Gasteiger partial charge in [-0.15, -0.1) is 0 Å². The Hall–Kier alpha value is -4.14. The van der Waals surface area contributed by atoms with Crippen molar-refractivity contribution in [3.8, 4) is 0 Å². The van der Waals surface area contributed by atoms with E-state index >= 15 is 0 Å². The van der Waals surface area contributed by atoms with E-state index in [2.05, 4.69) is 10.3 Å². The molecule has 0 spiro atoms. The molecule has 4 rings (SSSR count). The first kappa shape index (κ1) is 23.0. The summed E-state index contributed by atoms with van der Waals surface area (Å²) in [5, 5.41) is 3.38. The number of anilines is 2. The maximum absolute atomic E-state index is 13.0. The van der Waals surface area contributed by atoms with Gasteiger partial charge in [0.05, 0.1) is 5.56 Å². The standard InChI is InChI=1S/C25H19F3N2O4/c1-14-8-9-19-16(11-21(31)34-22(19)15(14)2)13-33-24(32)20-7-4-10-29-23(20)30-18-6-3-5-17(12-18)25(26,27)28/h3-12H,13H2,1-2H3,(H,29,30). The number of ether oxygens (including phenoxy) is 1. The average molecular weight is 468 g/mol. The molecule has 0 amide bonds. The van der Waals surface area contributed by atoms with Gasteiger partial charge in [0.2, 0.25) is 0 Å². The molecule has 0 aliphatic carbocycles. The summed E-state index contributed by atoms with van der Waals surface area (Å²) < 4.78 is 49.8. The summed E-state index contributed by atoms with van der Waals surface area (Å²) in [4.78, 5) is 28.9. The van der Waals surface area contributed by atoms with Gasteiger partial charge >= 0.3 is 17.8 Å². The van der Waals surface area contributed by atoms with Crippen molar-refractivity contribution in [1.82, 2.24) is 4.98 Å². The van der Waals surface area contributed by atoms with Crippen LogP contribution in [0.4, 0.5) is 24.7 Å². The molecule has 6 nitrogen and oxygen atoms in total. The minimum atomic E-state index is -4.51. The molecule has 0 unspecified atom stereocenters. The topological polar surface area (TPSA) is 81.4 Å². The number of rotatable bonds is 5. The predicted octanol–water partition coefficient (Wildman–Crippen LogP) is 5.92. The molecular formula is C25H19F3N2O4. The van der Waals surface area contributed by atoms with Crippen LogP contribution in [0.2, 0.25) is 0 Å². The van der Waals surface area contributed by atoms with Gasteiger partial charge in [0.15, 0.2) is 0 Å². The van der Waals surface area contributed by atoms with E-state index in [-0.39, 0.29) is 23.7 Å². The average Bonchev–Trinajstić information content (AvgIpc) is 2.80. The second-order valence-corrected chi connectivity index (χ2v) is 7.65. The van der Waals surface area contributed by atoms with E-state index in [0.29, 0.717) is 16.5 Å². The highest BCUT2D eigenvalue weighted by atomic mass is 19.4. The summed E-state index contributed by atoms with van der Waals surface area (Å²) in [6.07, 6.45) is -3.11. The number of benzene rings is 2. The Labute approximate surface area is 192 Å². The molecule has 0 saturated heterocycles.